The van der Waals surface area contributed by atoms with E-state index in [1.807, 2.05) is 84.9 Å². The van der Waals surface area contributed by atoms with Crippen molar-refractivity contribution in [2.75, 3.05) is 5.32 Å². The Bertz CT molecular complexity index is 1260. The lowest BCUT2D eigenvalue weighted by molar-refractivity contribution is -0.118. The summed E-state index contributed by atoms with van der Waals surface area (Å²) in [5, 5.41) is 15.2. The molecule has 0 aliphatic carbocycles. The van der Waals surface area contributed by atoms with Crippen molar-refractivity contribution in [2.45, 2.75) is 45.1 Å². The summed E-state index contributed by atoms with van der Waals surface area (Å²) in [4.78, 5) is 26.3. The molecule has 1 aromatic heterocycles. The summed E-state index contributed by atoms with van der Waals surface area (Å²) < 4.78 is 0. The van der Waals surface area contributed by atoms with E-state index in [-0.39, 0.29) is 11.8 Å². The number of benzene rings is 3. The second-order valence-electron chi connectivity index (χ2n) is 8.64. The van der Waals surface area contributed by atoms with Gasteiger partial charge in [0.15, 0.2) is 0 Å². The fraction of sp³-hybridized carbons (Fsp3) is 0.241. The molecule has 4 aromatic rings. The van der Waals surface area contributed by atoms with Crippen molar-refractivity contribution in [1.29, 1.82) is 0 Å². The van der Waals surface area contributed by atoms with Crippen LogP contribution in [0.2, 0.25) is 0 Å². The Hall–Kier alpha value is -3.84. The molecule has 1 unspecified atom stereocenters. The van der Waals surface area contributed by atoms with Gasteiger partial charge in [0.25, 0.3) is 5.91 Å². The maximum Gasteiger partial charge on any atom is 0.251 e. The van der Waals surface area contributed by atoms with Gasteiger partial charge in [-0.25, -0.2) is 0 Å². The number of nitrogens with one attached hydrogen (secondary N) is 2. The van der Waals surface area contributed by atoms with Crippen LogP contribution in [0.25, 0.3) is 10.6 Å². The summed E-state index contributed by atoms with van der Waals surface area (Å²) in [5.74, 6) is -0.618. The average molecular weight is 499 g/mol. The van der Waals surface area contributed by atoms with Crippen LogP contribution in [0.4, 0.5) is 5.13 Å². The molecule has 2 N–H and O–H groups in total. The van der Waals surface area contributed by atoms with E-state index in [2.05, 4.69) is 27.8 Å². The van der Waals surface area contributed by atoms with Gasteiger partial charge < -0.3 is 5.32 Å². The largest absolute Gasteiger partial charge is 0.340 e. The third-order valence-electron chi connectivity index (χ3n) is 5.87. The average Bonchev–Trinajstić information content (AvgIpc) is 3.38. The molecule has 184 valence electrons. The number of rotatable bonds is 11. The van der Waals surface area contributed by atoms with Crippen LogP contribution in [0.5, 0.6) is 0 Å². The van der Waals surface area contributed by atoms with Crippen molar-refractivity contribution in [1.82, 2.24) is 15.5 Å². The smallest absolute Gasteiger partial charge is 0.251 e. The molecule has 6 nitrogen and oxygen atoms in total. The lowest BCUT2D eigenvalue weighted by Crippen LogP contribution is -2.45. The zero-order chi connectivity index (χ0) is 25.2. The number of unbranched alkanes of at least 4 members (excludes halogenated alkanes) is 2. The number of anilines is 1. The first kappa shape index (κ1) is 25.3. The number of carbonyl (C=O) groups is 2. The number of hydrogen-bond donors (Lipinski definition) is 2. The van der Waals surface area contributed by atoms with Gasteiger partial charge in [0, 0.05) is 17.5 Å². The molecular formula is C29H30N4O2S. The minimum Gasteiger partial charge on any atom is -0.340 e. The molecule has 2 amide bonds. The summed E-state index contributed by atoms with van der Waals surface area (Å²) in [6.07, 6.45) is 4.87. The maximum absolute atomic E-state index is 13.2. The molecule has 0 spiro atoms. The molecule has 36 heavy (non-hydrogen) atoms. The van der Waals surface area contributed by atoms with Gasteiger partial charge in [-0.3, -0.25) is 14.9 Å². The van der Waals surface area contributed by atoms with Crippen LogP contribution in [0.15, 0.2) is 84.9 Å². The van der Waals surface area contributed by atoms with Crippen molar-refractivity contribution in [3.8, 4) is 10.6 Å². The lowest BCUT2D eigenvalue weighted by atomic mass is 10.0. The van der Waals surface area contributed by atoms with Crippen LogP contribution >= 0.6 is 11.3 Å². The number of aryl methyl sites for hydroxylation is 1. The van der Waals surface area contributed by atoms with Crippen molar-refractivity contribution >= 4 is 28.3 Å². The first-order valence-corrected chi connectivity index (χ1v) is 13.1. The Morgan fingerprint density at radius 1 is 0.833 bits per heavy atom. The highest BCUT2D eigenvalue weighted by Gasteiger charge is 2.23. The summed E-state index contributed by atoms with van der Waals surface area (Å²) in [6, 6.07) is 26.2. The van der Waals surface area contributed by atoms with Gasteiger partial charge in [0.1, 0.15) is 11.0 Å². The highest BCUT2D eigenvalue weighted by Crippen LogP contribution is 2.26. The van der Waals surface area contributed by atoms with Crippen molar-refractivity contribution in [2.24, 2.45) is 0 Å². The predicted octanol–water partition coefficient (Wildman–Crippen LogP) is 5.92. The van der Waals surface area contributed by atoms with E-state index in [0.29, 0.717) is 22.1 Å². The standard InChI is InChI=1S/C29H30N4O2S/c1-2-3-6-11-21-16-18-23(19-17-21)26(34)30-25(20-22-12-7-4-8-13-22)27(35)31-29-33-32-28(36-29)24-14-9-5-10-15-24/h4-5,7-10,12-19,25H,2-3,6,11,20H2,1H3,(H,30,34)(H,31,33,35). The van der Waals surface area contributed by atoms with E-state index < -0.39 is 6.04 Å². The number of aromatic nitrogens is 2. The van der Waals surface area contributed by atoms with Gasteiger partial charge in [-0.05, 0) is 36.1 Å². The molecular weight excluding hydrogens is 468 g/mol. The third-order valence-corrected chi connectivity index (χ3v) is 6.75. The summed E-state index contributed by atoms with van der Waals surface area (Å²) in [6.45, 7) is 2.18. The van der Waals surface area contributed by atoms with Gasteiger partial charge >= 0.3 is 0 Å². The first-order valence-electron chi connectivity index (χ1n) is 12.3. The molecule has 1 atom stereocenters. The van der Waals surface area contributed by atoms with Gasteiger partial charge in [-0.2, -0.15) is 0 Å². The van der Waals surface area contributed by atoms with Gasteiger partial charge in [-0.1, -0.05) is 104 Å². The Morgan fingerprint density at radius 2 is 1.53 bits per heavy atom. The summed E-state index contributed by atoms with van der Waals surface area (Å²) in [5.41, 5.74) is 3.63. The first-order chi connectivity index (χ1) is 17.6. The Morgan fingerprint density at radius 3 is 2.22 bits per heavy atom. The minimum absolute atomic E-state index is 0.284. The minimum atomic E-state index is -0.770. The Kier molecular flexibility index (Phi) is 8.94. The van der Waals surface area contributed by atoms with E-state index in [0.717, 1.165) is 24.0 Å². The molecule has 0 saturated carbocycles. The van der Waals surface area contributed by atoms with E-state index in [9.17, 15) is 9.59 Å². The molecule has 0 fully saturated rings. The number of hydrogen-bond acceptors (Lipinski definition) is 5. The molecule has 7 heteroatoms. The van der Waals surface area contributed by atoms with E-state index in [4.69, 9.17) is 0 Å². The number of carbonyl (C=O) groups excluding carboxylic acids is 2. The topological polar surface area (TPSA) is 84.0 Å². The molecule has 0 radical (unpaired) electrons. The monoisotopic (exact) mass is 498 g/mol. The molecule has 0 bridgehead atoms. The molecule has 1 heterocycles. The highest BCUT2D eigenvalue weighted by molar-refractivity contribution is 7.18. The SMILES string of the molecule is CCCCCc1ccc(C(=O)NC(Cc2ccccc2)C(=O)Nc2nnc(-c3ccccc3)s2)cc1. The fourth-order valence-electron chi connectivity index (χ4n) is 3.87. The quantitative estimate of drug-likeness (QED) is 0.252. The molecule has 0 aliphatic rings. The molecule has 3 aromatic carbocycles. The normalized spacial score (nSPS) is 11.6. The van der Waals surface area contributed by atoms with Crippen molar-refractivity contribution < 1.29 is 9.59 Å². The number of amides is 2. The van der Waals surface area contributed by atoms with Gasteiger partial charge in [0.05, 0.1) is 0 Å². The second-order valence-corrected chi connectivity index (χ2v) is 9.61. The Labute approximate surface area is 215 Å². The molecule has 4 rings (SSSR count). The third kappa shape index (κ3) is 7.09. The van der Waals surface area contributed by atoms with Crippen LogP contribution in [-0.2, 0) is 17.6 Å². The maximum atomic E-state index is 13.2. The Balaban J connectivity index is 1.45. The van der Waals surface area contributed by atoms with Crippen LogP contribution in [0.3, 0.4) is 0 Å². The van der Waals surface area contributed by atoms with Crippen molar-refractivity contribution in [3.63, 3.8) is 0 Å². The fourth-order valence-corrected chi connectivity index (χ4v) is 4.62. The zero-order valence-corrected chi connectivity index (χ0v) is 21.1. The van der Waals surface area contributed by atoms with Gasteiger partial charge in [-0.15, -0.1) is 10.2 Å². The second kappa shape index (κ2) is 12.7. The predicted molar refractivity (Wildman–Crippen MR) is 145 cm³/mol. The highest BCUT2D eigenvalue weighted by atomic mass is 32.1. The van der Waals surface area contributed by atoms with Gasteiger partial charge in [0.2, 0.25) is 11.0 Å². The van der Waals surface area contributed by atoms with E-state index in [1.54, 1.807) is 0 Å². The summed E-state index contributed by atoms with van der Waals surface area (Å²) in [7, 11) is 0. The van der Waals surface area contributed by atoms with Crippen LogP contribution in [-0.4, -0.2) is 28.1 Å². The van der Waals surface area contributed by atoms with Crippen molar-refractivity contribution in [3.05, 3.63) is 102 Å². The van der Waals surface area contributed by atoms with Crippen LogP contribution < -0.4 is 10.6 Å². The summed E-state index contributed by atoms with van der Waals surface area (Å²) >= 11 is 1.30. The van der Waals surface area contributed by atoms with E-state index >= 15 is 0 Å². The van der Waals surface area contributed by atoms with E-state index in [1.165, 1.54) is 29.7 Å². The lowest BCUT2D eigenvalue weighted by Gasteiger charge is -2.18. The molecule has 0 aliphatic heterocycles. The van der Waals surface area contributed by atoms with Crippen LogP contribution in [0.1, 0.15) is 47.7 Å². The molecule has 0 saturated heterocycles. The zero-order valence-electron chi connectivity index (χ0n) is 20.3. The van der Waals surface area contributed by atoms with Crippen LogP contribution in [0, 0.1) is 0 Å². The number of nitrogens with zero attached hydrogens (tertiary/aromatic N) is 2.